The fraction of sp³-hybridized carbons (Fsp3) is 0.444. The Balaban J connectivity index is 3.24. The number of hydrogen-bond acceptors (Lipinski definition) is 2. The van der Waals surface area contributed by atoms with E-state index in [1.54, 1.807) is 0 Å². The van der Waals surface area contributed by atoms with E-state index >= 15 is 0 Å². The van der Waals surface area contributed by atoms with Crippen LogP contribution in [0, 0.1) is 20.8 Å². The molecule has 1 aromatic rings. The van der Waals surface area contributed by atoms with Gasteiger partial charge >= 0.3 is 0 Å². The maximum absolute atomic E-state index is 4.34. The van der Waals surface area contributed by atoms with Crippen molar-refractivity contribution in [1.29, 1.82) is 0 Å². The van der Waals surface area contributed by atoms with Gasteiger partial charge in [0.05, 0.1) is 0 Å². The minimum Gasteiger partial charge on any atom is -0.388 e. The number of aromatic nitrogens is 1. The van der Waals surface area contributed by atoms with E-state index in [0.717, 1.165) is 11.4 Å². The van der Waals surface area contributed by atoms with Crippen LogP contribution in [0.15, 0.2) is 6.07 Å². The van der Waals surface area contributed by atoms with Crippen LogP contribution < -0.4 is 5.32 Å². The molecule has 0 aliphatic heterocycles. The summed E-state index contributed by atoms with van der Waals surface area (Å²) < 4.78 is 0. The molecule has 1 aromatic heterocycles. The summed E-state index contributed by atoms with van der Waals surface area (Å²) in [7, 11) is 1.93. The lowest BCUT2D eigenvalue weighted by molar-refractivity contribution is 1.09. The first-order chi connectivity index (χ1) is 5.15. The highest BCUT2D eigenvalue weighted by molar-refractivity contribution is 5.52. The number of hydrogen-bond donors (Lipinski definition) is 1. The average molecular weight is 150 g/mol. The molecule has 2 heteroatoms. The molecule has 0 bridgehead atoms. The Hall–Kier alpha value is -1.05. The molecule has 0 saturated carbocycles. The van der Waals surface area contributed by atoms with Crippen LogP contribution in [0.2, 0.25) is 0 Å². The van der Waals surface area contributed by atoms with Crippen LogP contribution in [0.3, 0.4) is 0 Å². The van der Waals surface area contributed by atoms with Crippen molar-refractivity contribution in [2.75, 3.05) is 12.4 Å². The number of nitrogens with one attached hydrogen (secondary N) is 1. The second-order valence-corrected chi connectivity index (χ2v) is 2.77. The summed E-state index contributed by atoms with van der Waals surface area (Å²) in [6.07, 6.45) is 0. The quantitative estimate of drug-likeness (QED) is 0.662. The molecule has 0 aliphatic carbocycles. The topological polar surface area (TPSA) is 24.9 Å². The van der Waals surface area contributed by atoms with Crippen LogP contribution in [-0.2, 0) is 0 Å². The van der Waals surface area contributed by atoms with Crippen molar-refractivity contribution >= 4 is 5.69 Å². The van der Waals surface area contributed by atoms with E-state index in [1.165, 1.54) is 11.3 Å². The minimum atomic E-state index is 1.07. The molecule has 0 aliphatic rings. The Bertz CT molecular complexity index is 267. The summed E-state index contributed by atoms with van der Waals surface area (Å²) in [5, 5.41) is 3.14. The third-order valence-corrected chi connectivity index (χ3v) is 1.91. The SMILES string of the molecule is CNc1cc(C)nc(C)c1C. The van der Waals surface area contributed by atoms with Crippen LogP contribution in [0.1, 0.15) is 17.0 Å². The Morgan fingerprint density at radius 3 is 2.45 bits per heavy atom. The van der Waals surface area contributed by atoms with Crippen molar-refractivity contribution in [3.05, 3.63) is 23.0 Å². The summed E-state index contributed by atoms with van der Waals surface area (Å²) >= 11 is 0. The molecule has 0 saturated heterocycles. The lowest BCUT2D eigenvalue weighted by Gasteiger charge is -2.07. The molecule has 1 heterocycles. The molecule has 0 amide bonds. The molecule has 0 aromatic carbocycles. The van der Waals surface area contributed by atoms with E-state index in [1.807, 2.05) is 20.9 Å². The smallest absolute Gasteiger partial charge is 0.0425 e. The summed E-state index contributed by atoms with van der Waals surface area (Å²) in [6.45, 7) is 6.12. The molecule has 1 rings (SSSR count). The van der Waals surface area contributed by atoms with Crippen LogP contribution in [0.5, 0.6) is 0 Å². The van der Waals surface area contributed by atoms with Gasteiger partial charge in [-0.3, -0.25) is 4.98 Å². The van der Waals surface area contributed by atoms with Crippen molar-refractivity contribution in [3.63, 3.8) is 0 Å². The van der Waals surface area contributed by atoms with E-state index in [2.05, 4.69) is 23.3 Å². The van der Waals surface area contributed by atoms with Gasteiger partial charge in [0.2, 0.25) is 0 Å². The standard InChI is InChI=1S/C9H14N2/c1-6-5-9(10-4)7(2)8(3)11-6/h5H,1-4H3,(H,10,11). The molecule has 0 unspecified atom stereocenters. The molecule has 0 atom stereocenters. The zero-order valence-electron chi connectivity index (χ0n) is 7.52. The predicted molar refractivity (Wildman–Crippen MR) is 48.0 cm³/mol. The molecule has 60 valence electrons. The number of nitrogens with zero attached hydrogens (tertiary/aromatic N) is 1. The van der Waals surface area contributed by atoms with Crippen LogP contribution >= 0.6 is 0 Å². The summed E-state index contributed by atoms with van der Waals surface area (Å²) in [5.74, 6) is 0. The maximum Gasteiger partial charge on any atom is 0.0425 e. The van der Waals surface area contributed by atoms with Gasteiger partial charge in [0.1, 0.15) is 0 Å². The highest BCUT2D eigenvalue weighted by Gasteiger charge is 2.00. The number of aryl methyl sites for hydroxylation is 2. The molecule has 1 N–H and O–H groups in total. The molecular weight excluding hydrogens is 136 g/mol. The fourth-order valence-corrected chi connectivity index (χ4v) is 1.15. The Kier molecular flexibility index (Phi) is 2.13. The van der Waals surface area contributed by atoms with E-state index in [9.17, 15) is 0 Å². The van der Waals surface area contributed by atoms with Crippen molar-refractivity contribution in [3.8, 4) is 0 Å². The lowest BCUT2D eigenvalue weighted by atomic mass is 10.1. The third-order valence-electron chi connectivity index (χ3n) is 1.91. The van der Waals surface area contributed by atoms with Gasteiger partial charge in [0.15, 0.2) is 0 Å². The molecular formula is C9H14N2. The van der Waals surface area contributed by atoms with E-state index in [4.69, 9.17) is 0 Å². The summed E-state index contributed by atoms with van der Waals surface area (Å²) in [6, 6.07) is 2.06. The first kappa shape index (κ1) is 8.05. The predicted octanol–water partition coefficient (Wildman–Crippen LogP) is 2.05. The van der Waals surface area contributed by atoms with Crippen LogP contribution in [0.4, 0.5) is 5.69 Å². The summed E-state index contributed by atoms with van der Waals surface area (Å²) in [4.78, 5) is 4.34. The fourth-order valence-electron chi connectivity index (χ4n) is 1.15. The zero-order valence-corrected chi connectivity index (χ0v) is 7.52. The van der Waals surface area contributed by atoms with Crippen molar-refractivity contribution in [2.45, 2.75) is 20.8 Å². The second-order valence-electron chi connectivity index (χ2n) is 2.77. The van der Waals surface area contributed by atoms with Gasteiger partial charge in [-0.25, -0.2) is 0 Å². The van der Waals surface area contributed by atoms with Gasteiger partial charge in [-0.05, 0) is 32.4 Å². The van der Waals surface area contributed by atoms with Crippen molar-refractivity contribution in [2.24, 2.45) is 0 Å². The van der Waals surface area contributed by atoms with E-state index < -0.39 is 0 Å². The Labute approximate surface area is 67.7 Å². The largest absolute Gasteiger partial charge is 0.388 e. The molecule has 0 fully saturated rings. The van der Waals surface area contributed by atoms with Gasteiger partial charge in [-0.1, -0.05) is 0 Å². The average Bonchev–Trinajstić information content (AvgIpc) is 1.96. The molecule has 0 spiro atoms. The van der Waals surface area contributed by atoms with Crippen LogP contribution in [0.25, 0.3) is 0 Å². The Morgan fingerprint density at radius 2 is 1.91 bits per heavy atom. The van der Waals surface area contributed by atoms with E-state index in [-0.39, 0.29) is 0 Å². The van der Waals surface area contributed by atoms with E-state index in [0.29, 0.717) is 0 Å². The van der Waals surface area contributed by atoms with Gasteiger partial charge < -0.3 is 5.32 Å². The van der Waals surface area contributed by atoms with Crippen molar-refractivity contribution in [1.82, 2.24) is 4.98 Å². The van der Waals surface area contributed by atoms with Crippen LogP contribution in [-0.4, -0.2) is 12.0 Å². The lowest BCUT2D eigenvalue weighted by Crippen LogP contribution is -1.97. The molecule has 0 radical (unpaired) electrons. The monoisotopic (exact) mass is 150 g/mol. The number of anilines is 1. The first-order valence-electron chi connectivity index (χ1n) is 3.77. The highest BCUT2D eigenvalue weighted by atomic mass is 14.8. The number of rotatable bonds is 1. The zero-order chi connectivity index (χ0) is 8.43. The Morgan fingerprint density at radius 1 is 1.27 bits per heavy atom. The second kappa shape index (κ2) is 2.91. The maximum atomic E-state index is 4.34. The first-order valence-corrected chi connectivity index (χ1v) is 3.77. The van der Waals surface area contributed by atoms with Crippen molar-refractivity contribution < 1.29 is 0 Å². The van der Waals surface area contributed by atoms with Gasteiger partial charge in [0, 0.05) is 24.1 Å². The van der Waals surface area contributed by atoms with Gasteiger partial charge in [0.25, 0.3) is 0 Å². The molecule has 11 heavy (non-hydrogen) atoms. The highest BCUT2D eigenvalue weighted by Crippen LogP contribution is 2.16. The number of pyridine rings is 1. The molecule has 2 nitrogen and oxygen atoms in total. The summed E-state index contributed by atoms with van der Waals surface area (Å²) in [5.41, 5.74) is 4.58. The third kappa shape index (κ3) is 1.50. The van der Waals surface area contributed by atoms with Gasteiger partial charge in [-0.2, -0.15) is 0 Å². The normalized spacial score (nSPS) is 9.82. The van der Waals surface area contributed by atoms with Gasteiger partial charge in [-0.15, -0.1) is 0 Å². The minimum absolute atomic E-state index is 1.07.